The second kappa shape index (κ2) is 8.55. The van der Waals surface area contributed by atoms with E-state index < -0.39 is 17.6 Å². The van der Waals surface area contributed by atoms with Gasteiger partial charge < -0.3 is 14.8 Å². The van der Waals surface area contributed by atoms with Crippen molar-refractivity contribution in [3.63, 3.8) is 0 Å². The number of nitrogens with one attached hydrogen (secondary N) is 1. The van der Waals surface area contributed by atoms with Gasteiger partial charge in [0.1, 0.15) is 23.0 Å². The summed E-state index contributed by atoms with van der Waals surface area (Å²) in [6.07, 6.45) is 0. The first-order chi connectivity index (χ1) is 15.4. The summed E-state index contributed by atoms with van der Waals surface area (Å²) in [6, 6.07) is 17.8. The largest absolute Gasteiger partial charge is 0.497 e. The number of anilines is 2. The number of methoxy groups -OCH3 is 2. The molecule has 0 spiro atoms. The minimum absolute atomic E-state index is 0.0503. The molecule has 0 saturated heterocycles. The molecule has 4 rings (SSSR count). The third-order valence-electron chi connectivity index (χ3n) is 5.13. The van der Waals surface area contributed by atoms with Crippen LogP contribution in [0, 0.1) is 12.7 Å². The van der Waals surface area contributed by atoms with Crippen LogP contribution in [0.4, 0.5) is 15.8 Å². The molecule has 1 N–H and O–H groups in total. The van der Waals surface area contributed by atoms with Crippen molar-refractivity contribution in [3.05, 3.63) is 89.4 Å². The molecular formula is C25H21FN2O4. The lowest BCUT2D eigenvalue weighted by Crippen LogP contribution is -2.32. The lowest BCUT2D eigenvalue weighted by Gasteiger charge is -2.19. The maximum Gasteiger partial charge on any atom is 0.282 e. The van der Waals surface area contributed by atoms with Gasteiger partial charge in [0.2, 0.25) is 0 Å². The molecule has 0 bridgehead atoms. The molecule has 6 nitrogen and oxygen atoms in total. The predicted molar refractivity (Wildman–Crippen MR) is 120 cm³/mol. The van der Waals surface area contributed by atoms with Crippen molar-refractivity contribution in [2.75, 3.05) is 24.4 Å². The minimum atomic E-state index is -0.561. The van der Waals surface area contributed by atoms with Gasteiger partial charge in [-0.3, -0.25) is 9.59 Å². The number of nitrogens with zero attached hydrogens (tertiary/aromatic N) is 1. The first-order valence-corrected chi connectivity index (χ1v) is 9.87. The highest BCUT2D eigenvalue weighted by atomic mass is 19.1. The van der Waals surface area contributed by atoms with Crippen molar-refractivity contribution in [1.82, 2.24) is 0 Å². The van der Waals surface area contributed by atoms with E-state index in [2.05, 4.69) is 5.32 Å². The molecule has 1 heterocycles. The Morgan fingerprint density at radius 1 is 0.875 bits per heavy atom. The van der Waals surface area contributed by atoms with Crippen LogP contribution in [-0.2, 0) is 9.59 Å². The number of hydrogen-bond donors (Lipinski definition) is 1. The van der Waals surface area contributed by atoms with Crippen LogP contribution in [0.5, 0.6) is 11.5 Å². The maximum absolute atomic E-state index is 13.8. The van der Waals surface area contributed by atoms with E-state index in [1.54, 1.807) is 49.6 Å². The number of ether oxygens (including phenoxy) is 2. The minimum Gasteiger partial charge on any atom is -0.497 e. The summed E-state index contributed by atoms with van der Waals surface area (Å²) in [5, 5.41) is 2.95. The van der Waals surface area contributed by atoms with Crippen molar-refractivity contribution in [2.24, 2.45) is 0 Å². The normalized spacial score (nSPS) is 13.6. The number of aryl methyl sites for hydroxylation is 1. The fourth-order valence-electron chi connectivity index (χ4n) is 3.58. The standard InChI is InChI=1S/C25H21FN2O4/c1-15-7-12-21(32-3)20(13-15)28-24(29)22(16-8-10-19(31-2)11-9-16)23(25(28)30)27-18-6-4-5-17(26)14-18/h4-14,27H,1-3H3. The van der Waals surface area contributed by atoms with Crippen LogP contribution in [0.3, 0.4) is 0 Å². The summed E-state index contributed by atoms with van der Waals surface area (Å²) in [5.41, 5.74) is 2.30. The topological polar surface area (TPSA) is 67.9 Å². The molecule has 3 aromatic rings. The summed E-state index contributed by atoms with van der Waals surface area (Å²) >= 11 is 0. The van der Waals surface area contributed by atoms with Crippen molar-refractivity contribution >= 4 is 28.8 Å². The molecule has 0 atom stereocenters. The van der Waals surface area contributed by atoms with Gasteiger partial charge in [-0.1, -0.05) is 24.3 Å². The van der Waals surface area contributed by atoms with E-state index in [4.69, 9.17) is 9.47 Å². The highest BCUT2D eigenvalue weighted by Crippen LogP contribution is 2.38. The molecule has 2 amide bonds. The van der Waals surface area contributed by atoms with E-state index in [0.29, 0.717) is 28.4 Å². The SMILES string of the molecule is COc1ccc(C2=C(Nc3cccc(F)c3)C(=O)N(c3cc(C)ccc3OC)C2=O)cc1. The first kappa shape index (κ1) is 21.1. The Bertz CT molecular complexity index is 1230. The summed E-state index contributed by atoms with van der Waals surface area (Å²) in [6.45, 7) is 1.86. The van der Waals surface area contributed by atoms with Crippen molar-refractivity contribution < 1.29 is 23.5 Å². The monoisotopic (exact) mass is 432 g/mol. The molecule has 32 heavy (non-hydrogen) atoms. The number of amides is 2. The molecule has 0 unspecified atom stereocenters. The summed E-state index contributed by atoms with van der Waals surface area (Å²) in [7, 11) is 3.02. The van der Waals surface area contributed by atoms with E-state index in [1.807, 2.05) is 13.0 Å². The number of benzene rings is 3. The van der Waals surface area contributed by atoms with Gasteiger partial charge in [-0.25, -0.2) is 9.29 Å². The van der Waals surface area contributed by atoms with Gasteiger partial charge in [0, 0.05) is 5.69 Å². The molecule has 0 aromatic heterocycles. The first-order valence-electron chi connectivity index (χ1n) is 9.87. The quantitative estimate of drug-likeness (QED) is 0.579. The third kappa shape index (κ3) is 3.80. The van der Waals surface area contributed by atoms with Gasteiger partial charge >= 0.3 is 0 Å². The molecule has 0 fully saturated rings. The molecule has 1 aliphatic rings. The average molecular weight is 432 g/mol. The van der Waals surface area contributed by atoms with E-state index in [1.165, 1.54) is 25.3 Å². The molecule has 162 valence electrons. The average Bonchev–Trinajstić information content (AvgIpc) is 3.03. The third-order valence-corrected chi connectivity index (χ3v) is 5.13. The second-order valence-corrected chi connectivity index (χ2v) is 7.23. The second-order valence-electron chi connectivity index (χ2n) is 7.23. The fraction of sp³-hybridized carbons (Fsp3) is 0.120. The van der Waals surface area contributed by atoms with Crippen LogP contribution in [0.15, 0.2) is 72.4 Å². The lowest BCUT2D eigenvalue weighted by molar-refractivity contribution is -0.120. The summed E-state index contributed by atoms with van der Waals surface area (Å²) in [5.74, 6) is -0.533. The highest BCUT2D eigenvalue weighted by molar-refractivity contribution is 6.46. The number of carbonyl (C=O) groups excluding carboxylic acids is 2. The summed E-state index contributed by atoms with van der Waals surface area (Å²) in [4.78, 5) is 28.1. The van der Waals surface area contributed by atoms with Gasteiger partial charge in [-0.2, -0.15) is 0 Å². The lowest BCUT2D eigenvalue weighted by atomic mass is 10.0. The Morgan fingerprint density at radius 3 is 2.28 bits per heavy atom. The van der Waals surface area contributed by atoms with Gasteiger partial charge in [0.05, 0.1) is 25.5 Å². The Balaban J connectivity index is 1.85. The van der Waals surface area contributed by atoms with Crippen molar-refractivity contribution in [2.45, 2.75) is 6.92 Å². The molecule has 3 aromatic carbocycles. The van der Waals surface area contributed by atoms with Crippen LogP contribution in [-0.4, -0.2) is 26.0 Å². The van der Waals surface area contributed by atoms with Gasteiger partial charge in [0.25, 0.3) is 11.8 Å². The number of halogens is 1. The van der Waals surface area contributed by atoms with Gasteiger partial charge in [0.15, 0.2) is 0 Å². The van der Waals surface area contributed by atoms with Crippen LogP contribution in [0.25, 0.3) is 5.57 Å². The van der Waals surface area contributed by atoms with Crippen LogP contribution < -0.4 is 19.7 Å². The van der Waals surface area contributed by atoms with E-state index in [0.717, 1.165) is 10.5 Å². The Hall–Kier alpha value is -4.13. The number of imide groups is 1. The van der Waals surface area contributed by atoms with Crippen LogP contribution >= 0.6 is 0 Å². The van der Waals surface area contributed by atoms with E-state index >= 15 is 0 Å². The van der Waals surface area contributed by atoms with Crippen LogP contribution in [0.2, 0.25) is 0 Å². The zero-order valence-electron chi connectivity index (χ0n) is 17.8. The van der Waals surface area contributed by atoms with Gasteiger partial charge in [-0.15, -0.1) is 0 Å². The van der Waals surface area contributed by atoms with Crippen molar-refractivity contribution in [3.8, 4) is 11.5 Å². The number of rotatable bonds is 6. The highest BCUT2D eigenvalue weighted by Gasteiger charge is 2.41. The molecule has 0 radical (unpaired) electrons. The number of carbonyl (C=O) groups is 2. The predicted octanol–water partition coefficient (Wildman–Crippen LogP) is 4.55. The van der Waals surface area contributed by atoms with Gasteiger partial charge in [-0.05, 0) is 60.5 Å². The maximum atomic E-state index is 13.8. The molecule has 7 heteroatoms. The summed E-state index contributed by atoms with van der Waals surface area (Å²) < 4.78 is 24.4. The zero-order valence-corrected chi connectivity index (χ0v) is 17.8. The Morgan fingerprint density at radius 2 is 1.62 bits per heavy atom. The molecule has 0 saturated carbocycles. The molecule has 0 aliphatic carbocycles. The fourth-order valence-corrected chi connectivity index (χ4v) is 3.58. The number of hydrogen-bond acceptors (Lipinski definition) is 5. The van der Waals surface area contributed by atoms with Crippen molar-refractivity contribution in [1.29, 1.82) is 0 Å². The Labute approximate surface area is 184 Å². The smallest absolute Gasteiger partial charge is 0.282 e. The Kier molecular flexibility index (Phi) is 5.64. The van der Waals surface area contributed by atoms with E-state index in [-0.39, 0.29) is 11.3 Å². The van der Waals surface area contributed by atoms with E-state index in [9.17, 15) is 14.0 Å². The zero-order chi connectivity index (χ0) is 22.8. The van der Waals surface area contributed by atoms with Crippen LogP contribution in [0.1, 0.15) is 11.1 Å². The molecule has 1 aliphatic heterocycles. The molecular weight excluding hydrogens is 411 g/mol.